The van der Waals surface area contributed by atoms with Crippen LogP contribution in [0.3, 0.4) is 0 Å². The SMILES string of the molecule is CNc1nc(-c2cccc(NC(=O)c3ccc(C(=O)OC)cc3)c2)c2cc(OC)c(OC)cc2n1. The highest BCUT2D eigenvalue weighted by Gasteiger charge is 2.15. The van der Waals surface area contributed by atoms with Gasteiger partial charge in [-0.2, -0.15) is 0 Å². The Kier molecular flexibility index (Phi) is 6.77. The third-order valence-corrected chi connectivity index (χ3v) is 5.39. The van der Waals surface area contributed by atoms with Crippen molar-refractivity contribution in [3.05, 3.63) is 71.8 Å². The number of nitrogens with one attached hydrogen (secondary N) is 2. The van der Waals surface area contributed by atoms with E-state index in [9.17, 15) is 9.59 Å². The van der Waals surface area contributed by atoms with Gasteiger partial charge in [-0.1, -0.05) is 12.1 Å². The van der Waals surface area contributed by atoms with Gasteiger partial charge in [0.15, 0.2) is 11.5 Å². The Morgan fingerprint density at radius 1 is 0.829 bits per heavy atom. The van der Waals surface area contributed by atoms with Crippen molar-refractivity contribution in [2.24, 2.45) is 0 Å². The molecule has 0 bridgehead atoms. The topological polar surface area (TPSA) is 112 Å². The second kappa shape index (κ2) is 10.1. The van der Waals surface area contributed by atoms with Crippen molar-refractivity contribution >= 4 is 34.4 Å². The number of carbonyl (C=O) groups is 2. The normalized spacial score (nSPS) is 10.5. The predicted molar refractivity (Wildman–Crippen MR) is 133 cm³/mol. The van der Waals surface area contributed by atoms with Crippen LogP contribution in [-0.2, 0) is 4.74 Å². The first-order valence-corrected chi connectivity index (χ1v) is 10.7. The second-order valence-electron chi connectivity index (χ2n) is 7.47. The fraction of sp³-hybridized carbons (Fsp3) is 0.154. The zero-order valence-electron chi connectivity index (χ0n) is 19.7. The van der Waals surface area contributed by atoms with Gasteiger partial charge in [0.25, 0.3) is 5.91 Å². The third-order valence-electron chi connectivity index (χ3n) is 5.39. The molecule has 0 atom stereocenters. The van der Waals surface area contributed by atoms with E-state index >= 15 is 0 Å². The summed E-state index contributed by atoms with van der Waals surface area (Å²) in [4.78, 5) is 33.6. The zero-order chi connectivity index (χ0) is 24.9. The van der Waals surface area contributed by atoms with Crippen molar-refractivity contribution in [2.75, 3.05) is 39.0 Å². The van der Waals surface area contributed by atoms with Crippen LogP contribution in [0.15, 0.2) is 60.7 Å². The van der Waals surface area contributed by atoms with Crippen LogP contribution in [0.2, 0.25) is 0 Å². The molecule has 2 N–H and O–H groups in total. The van der Waals surface area contributed by atoms with Crippen LogP contribution in [0.5, 0.6) is 11.5 Å². The summed E-state index contributed by atoms with van der Waals surface area (Å²) in [6.45, 7) is 0. The maximum atomic E-state index is 12.8. The van der Waals surface area contributed by atoms with E-state index in [2.05, 4.69) is 20.6 Å². The largest absolute Gasteiger partial charge is 0.493 e. The molecule has 3 aromatic carbocycles. The van der Waals surface area contributed by atoms with Gasteiger partial charge >= 0.3 is 5.97 Å². The molecule has 4 rings (SSSR count). The predicted octanol–water partition coefficient (Wildman–Crippen LogP) is 4.39. The summed E-state index contributed by atoms with van der Waals surface area (Å²) in [7, 11) is 6.19. The Labute approximate surface area is 202 Å². The van der Waals surface area contributed by atoms with E-state index in [1.807, 2.05) is 24.3 Å². The number of nitrogens with zero attached hydrogens (tertiary/aromatic N) is 2. The van der Waals surface area contributed by atoms with E-state index in [0.29, 0.717) is 45.5 Å². The Bertz CT molecular complexity index is 1400. The van der Waals surface area contributed by atoms with Gasteiger partial charge in [-0.05, 0) is 42.5 Å². The lowest BCUT2D eigenvalue weighted by atomic mass is 10.0. The van der Waals surface area contributed by atoms with E-state index in [1.54, 1.807) is 57.7 Å². The lowest BCUT2D eigenvalue weighted by Crippen LogP contribution is -2.12. The van der Waals surface area contributed by atoms with E-state index in [1.165, 1.54) is 7.11 Å². The number of esters is 1. The zero-order valence-corrected chi connectivity index (χ0v) is 19.7. The van der Waals surface area contributed by atoms with Crippen molar-refractivity contribution in [2.45, 2.75) is 0 Å². The number of aromatic nitrogens is 2. The van der Waals surface area contributed by atoms with Gasteiger partial charge in [0, 0.05) is 35.3 Å². The lowest BCUT2D eigenvalue weighted by Gasteiger charge is -2.13. The standard InChI is InChI=1S/C26H24N4O5/c1-27-26-29-20-14-22(34-3)21(33-2)13-19(20)23(30-26)17-6-5-7-18(12-17)28-24(31)15-8-10-16(11-9-15)25(32)35-4/h5-14H,1-4H3,(H,28,31)(H,27,29,30). The van der Waals surface area contributed by atoms with Crippen molar-refractivity contribution in [3.63, 3.8) is 0 Å². The molecule has 0 saturated heterocycles. The summed E-state index contributed by atoms with van der Waals surface area (Å²) in [6.07, 6.45) is 0. The van der Waals surface area contributed by atoms with E-state index in [4.69, 9.17) is 14.2 Å². The monoisotopic (exact) mass is 472 g/mol. The molecule has 0 aliphatic rings. The highest BCUT2D eigenvalue weighted by molar-refractivity contribution is 6.05. The highest BCUT2D eigenvalue weighted by Crippen LogP contribution is 2.36. The van der Waals surface area contributed by atoms with E-state index in [0.717, 1.165) is 10.9 Å². The average molecular weight is 473 g/mol. The van der Waals surface area contributed by atoms with Gasteiger partial charge in [-0.15, -0.1) is 0 Å². The molecular formula is C26H24N4O5. The van der Waals surface area contributed by atoms with Crippen LogP contribution in [0, 0.1) is 0 Å². The molecule has 0 radical (unpaired) electrons. The van der Waals surface area contributed by atoms with Gasteiger partial charge in [0.1, 0.15) is 0 Å². The molecule has 9 heteroatoms. The molecule has 1 heterocycles. The molecule has 1 aromatic heterocycles. The second-order valence-corrected chi connectivity index (χ2v) is 7.47. The van der Waals surface area contributed by atoms with E-state index < -0.39 is 5.97 Å². The minimum absolute atomic E-state index is 0.312. The summed E-state index contributed by atoms with van der Waals surface area (Å²) in [5.74, 6) is 0.790. The van der Waals surface area contributed by atoms with Crippen molar-refractivity contribution in [1.82, 2.24) is 9.97 Å². The number of ether oxygens (including phenoxy) is 3. The number of hydrogen-bond acceptors (Lipinski definition) is 8. The first-order valence-electron chi connectivity index (χ1n) is 10.7. The fourth-order valence-electron chi connectivity index (χ4n) is 3.61. The first kappa shape index (κ1) is 23.5. The summed E-state index contributed by atoms with van der Waals surface area (Å²) >= 11 is 0. The van der Waals surface area contributed by atoms with Crippen LogP contribution in [0.1, 0.15) is 20.7 Å². The lowest BCUT2D eigenvalue weighted by molar-refractivity contribution is 0.0600. The third kappa shape index (κ3) is 4.84. The summed E-state index contributed by atoms with van der Waals surface area (Å²) in [6, 6.07) is 17.2. The Hall–Kier alpha value is -4.66. The molecule has 0 unspecified atom stereocenters. The number of methoxy groups -OCH3 is 3. The summed E-state index contributed by atoms with van der Waals surface area (Å²) in [5.41, 5.74) is 3.48. The summed E-state index contributed by atoms with van der Waals surface area (Å²) < 4.78 is 15.6. The van der Waals surface area contributed by atoms with Gasteiger partial charge in [0.05, 0.1) is 38.1 Å². The maximum absolute atomic E-state index is 12.8. The number of fused-ring (bicyclic) bond motifs is 1. The Morgan fingerprint density at radius 2 is 1.51 bits per heavy atom. The minimum Gasteiger partial charge on any atom is -0.493 e. The molecule has 35 heavy (non-hydrogen) atoms. The quantitative estimate of drug-likeness (QED) is 0.381. The van der Waals surface area contributed by atoms with Gasteiger partial charge in [-0.3, -0.25) is 4.79 Å². The molecule has 178 valence electrons. The van der Waals surface area contributed by atoms with Gasteiger partial charge in [0.2, 0.25) is 5.95 Å². The van der Waals surface area contributed by atoms with Crippen LogP contribution in [0.4, 0.5) is 11.6 Å². The molecular weight excluding hydrogens is 448 g/mol. The first-order chi connectivity index (χ1) is 17.0. The van der Waals surface area contributed by atoms with Crippen molar-refractivity contribution in [1.29, 1.82) is 0 Å². The number of amides is 1. The van der Waals surface area contributed by atoms with E-state index in [-0.39, 0.29) is 5.91 Å². The molecule has 0 saturated carbocycles. The molecule has 0 aliphatic carbocycles. The number of carbonyl (C=O) groups excluding carboxylic acids is 2. The van der Waals surface area contributed by atoms with Crippen LogP contribution < -0.4 is 20.1 Å². The van der Waals surface area contributed by atoms with Crippen LogP contribution >= 0.6 is 0 Å². The molecule has 0 aliphatic heterocycles. The van der Waals surface area contributed by atoms with Crippen molar-refractivity contribution in [3.8, 4) is 22.8 Å². The molecule has 0 spiro atoms. The molecule has 9 nitrogen and oxygen atoms in total. The number of rotatable bonds is 7. The summed E-state index contributed by atoms with van der Waals surface area (Å²) in [5, 5.41) is 6.64. The number of hydrogen-bond donors (Lipinski definition) is 2. The fourth-order valence-corrected chi connectivity index (χ4v) is 3.61. The van der Waals surface area contributed by atoms with Crippen LogP contribution in [0.25, 0.3) is 22.2 Å². The molecule has 0 fully saturated rings. The van der Waals surface area contributed by atoms with Gasteiger partial charge < -0.3 is 24.8 Å². The van der Waals surface area contributed by atoms with Crippen LogP contribution in [-0.4, -0.2) is 50.2 Å². The molecule has 1 amide bonds. The minimum atomic E-state index is -0.461. The smallest absolute Gasteiger partial charge is 0.337 e. The maximum Gasteiger partial charge on any atom is 0.337 e. The Morgan fingerprint density at radius 3 is 2.17 bits per heavy atom. The highest BCUT2D eigenvalue weighted by atomic mass is 16.5. The average Bonchev–Trinajstić information content (AvgIpc) is 2.91. The Balaban J connectivity index is 1.69. The van der Waals surface area contributed by atoms with Crippen molar-refractivity contribution < 1.29 is 23.8 Å². The number of anilines is 2. The van der Waals surface area contributed by atoms with Gasteiger partial charge in [-0.25, -0.2) is 14.8 Å². The number of benzene rings is 3. The molecule has 4 aromatic rings.